The van der Waals surface area contributed by atoms with Gasteiger partial charge in [0, 0.05) is 31.0 Å². The van der Waals surface area contributed by atoms with E-state index in [0.29, 0.717) is 18.3 Å². The van der Waals surface area contributed by atoms with Crippen molar-refractivity contribution in [3.05, 3.63) is 54.6 Å². The topological polar surface area (TPSA) is 77.4 Å². The third kappa shape index (κ3) is 4.12. The molecular weight excluding hydrogens is 320 g/mol. The summed E-state index contributed by atoms with van der Waals surface area (Å²) in [7, 11) is 0. The second kappa shape index (κ2) is 7.58. The Morgan fingerprint density at radius 2 is 2.12 bits per heavy atom. The average molecular weight is 340 g/mol. The molecule has 1 saturated heterocycles. The standard InChI is InChI=1S/C18H20N4O3/c1-3-14(11-19-7-1)18-20-17(25-21-18)13-24-15-5-8-22(9-6-15)12-16-4-2-10-23-16/h1-4,7,10-11,15H,5-6,8-9,12-13H2. The predicted molar refractivity (Wildman–Crippen MR) is 89.3 cm³/mol. The molecule has 130 valence electrons. The normalized spacial score (nSPS) is 16.3. The highest BCUT2D eigenvalue weighted by Gasteiger charge is 2.21. The van der Waals surface area contributed by atoms with Crippen LogP contribution in [-0.4, -0.2) is 39.2 Å². The molecule has 1 aliphatic rings. The Balaban J connectivity index is 1.24. The third-order valence-corrected chi connectivity index (χ3v) is 4.32. The van der Waals surface area contributed by atoms with Crippen LogP contribution < -0.4 is 0 Å². The Morgan fingerprint density at radius 3 is 2.88 bits per heavy atom. The van der Waals surface area contributed by atoms with E-state index in [2.05, 4.69) is 20.0 Å². The fourth-order valence-corrected chi connectivity index (χ4v) is 2.97. The van der Waals surface area contributed by atoms with E-state index >= 15 is 0 Å². The molecule has 25 heavy (non-hydrogen) atoms. The molecule has 1 fully saturated rings. The largest absolute Gasteiger partial charge is 0.468 e. The molecule has 4 rings (SSSR count). The minimum Gasteiger partial charge on any atom is -0.468 e. The number of likely N-dealkylation sites (tertiary alicyclic amines) is 1. The molecule has 7 heteroatoms. The molecule has 0 radical (unpaired) electrons. The Bertz CT molecular complexity index is 765. The lowest BCUT2D eigenvalue weighted by molar-refractivity contribution is -0.0145. The Kier molecular flexibility index (Phi) is 4.85. The number of hydrogen-bond donors (Lipinski definition) is 0. The Labute approximate surface area is 145 Å². The van der Waals surface area contributed by atoms with E-state index in [0.717, 1.165) is 43.8 Å². The summed E-state index contributed by atoms with van der Waals surface area (Å²) in [4.78, 5) is 10.8. The van der Waals surface area contributed by atoms with Crippen molar-refractivity contribution in [1.82, 2.24) is 20.0 Å². The number of nitrogens with zero attached hydrogens (tertiary/aromatic N) is 4. The fourth-order valence-electron chi connectivity index (χ4n) is 2.97. The molecule has 4 heterocycles. The van der Waals surface area contributed by atoms with Gasteiger partial charge in [0.15, 0.2) is 0 Å². The molecule has 0 spiro atoms. The third-order valence-electron chi connectivity index (χ3n) is 4.32. The first-order chi connectivity index (χ1) is 12.4. The lowest BCUT2D eigenvalue weighted by Crippen LogP contribution is -2.36. The molecule has 0 bridgehead atoms. The van der Waals surface area contributed by atoms with E-state index in [1.54, 1.807) is 18.7 Å². The number of aromatic nitrogens is 3. The van der Waals surface area contributed by atoms with Gasteiger partial charge in [-0.05, 0) is 37.1 Å². The summed E-state index contributed by atoms with van der Waals surface area (Å²) in [6.45, 7) is 3.19. The van der Waals surface area contributed by atoms with Gasteiger partial charge in [0.1, 0.15) is 12.4 Å². The van der Waals surface area contributed by atoms with Crippen LogP contribution in [0, 0.1) is 0 Å². The van der Waals surface area contributed by atoms with Crippen LogP contribution in [0.4, 0.5) is 0 Å². The predicted octanol–water partition coefficient (Wildman–Crippen LogP) is 2.91. The van der Waals surface area contributed by atoms with Crippen molar-refractivity contribution < 1.29 is 13.7 Å². The molecule has 0 amide bonds. The minimum atomic E-state index is 0.224. The van der Waals surface area contributed by atoms with Crippen molar-refractivity contribution in [2.75, 3.05) is 13.1 Å². The fraction of sp³-hybridized carbons (Fsp3) is 0.389. The van der Waals surface area contributed by atoms with Gasteiger partial charge < -0.3 is 13.7 Å². The lowest BCUT2D eigenvalue weighted by atomic mass is 10.1. The molecule has 3 aromatic heterocycles. The highest BCUT2D eigenvalue weighted by Crippen LogP contribution is 2.19. The van der Waals surface area contributed by atoms with Crippen molar-refractivity contribution in [1.29, 1.82) is 0 Å². The first-order valence-corrected chi connectivity index (χ1v) is 8.46. The van der Waals surface area contributed by atoms with Gasteiger partial charge in [-0.25, -0.2) is 0 Å². The number of pyridine rings is 1. The zero-order valence-corrected chi connectivity index (χ0v) is 13.9. The van der Waals surface area contributed by atoms with Gasteiger partial charge in [-0.1, -0.05) is 5.16 Å². The molecule has 0 unspecified atom stereocenters. The number of ether oxygens (including phenoxy) is 1. The van der Waals surface area contributed by atoms with Gasteiger partial charge in [0.2, 0.25) is 5.82 Å². The average Bonchev–Trinajstić information content (AvgIpc) is 3.34. The number of rotatable bonds is 6. The second-order valence-electron chi connectivity index (χ2n) is 6.12. The van der Waals surface area contributed by atoms with Crippen LogP contribution in [0.3, 0.4) is 0 Å². The maximum atomic E-state index is 5.94. The van der Waals surface area contributed by atoms with Gasteiger partial charge >= 0.3 is 0 Å². The van der Waals surface area contributed by atoms with E-state index in [-0.39, 0.29) is 6.10 Å². The molecule has 0 aliphatic carbocycles. The van der Waals surface area contributed by atoms with Crippen LogP contribution in [0.25, 0.3) is 11.4 Å². The van der Waals surface area contributed by atoms with Crippen LogP contribution in [0.15, 0.2) is 51.9 Å². The molecule has 1 aliphatic heterocycles. The summed E-state index contributed by atoms with van der Waals surface area (Å²) in [6.07, 6.45) is 7.35. The van der Waals surface area contributed by atoms with Crippen LogP contribution in [0.2, 0.25) is 0 Å². The first-order valence-electron chi connectivity index (χ1n) is 8.46. The molecule has 0 aromatic carbocycles. The van der Waals surface area contributed by atoms with Crippen LogP contribution in [0.1, 0.15) is 24.5 Å². The molecule has 0 saturated carbocycles. The van der Waals surface area contributed by atoms with Gasteiger partial charge in [0.05, 0.1) is 18.9 Å². The second-order valence-corrected chi connectivity index (χ2v) is 6.12. The Morgan fingerprint density at radius 1 is 1.20 bits per heavy atom. The van der Waals surface area contributed by atoms with E-state index < -0.39 is 0 Å². The van der Waals surface area contributed by atoms with Gasteiger partial charge in [-0.2, -0.15) is 4.98 Å². The summed E-state index contributed by atoms with van der Waals surface area (Å²) in [6, 6.07) is 7.68. The SMILES string of the molecule is c1cncc(-c2noc(COC3CCN(Cc4ccco4)CC3)n2)c1. The van der Waals surface area contributed by atoms with E-state index in [9.17, 15) is 0 Å². The quantitative estimate of drug-likeness (QED) is 0.683. The minimum absolute atomic E-state index is 0.224. The number of hydrogen-bond acceptors (Lipinski definition) is 7. The van der Waals surface area contributed by atoms with Crippen LogP contribution >= 0.6 is 0 Å². The van der Waals surface area contributed by atoms with Crippen LogP contribution in [-0.2, 0) is 17.9 Å². The van der Waals surface area contributed by atoms with Gasteiger partial charge in [-0.3, -0.25) is 9.88 Å². The molecule has 0 atom stereocenters. The van der Waals surface area contributed by atoms with Crippen LogP contribution in [0.5, 0.6) is 0 Å². The maximum absolute atomic E-state index is 5.94. The van der Waals surface area contributed by atoms with Crippen molar-refractivity contribution in [2.24, 2.45) is 0 Å². The number of piperidine rings is 1. The lowest BCUT2D eigenvalue weighted by Gasteiger charge is -2.30. The summed E-state index contributed by atoms with van der Waals surface area (Å²) in [5.74, 6) is 2.05. The maximum Gasteiger partial charge on any atom is 0.252 e. The van der Waals surface area contributed by atoms with Crippen molar-refractivity contribution in [3.63, 3.8) is 0 Å². The first kappa shape index (κ1) is 16.0. The van der Waals surface area contributed by atoms with Gasteiger partial charge in [0.25, 0.3) is 5.89 Å². The number of furan rings is 1. The van der Waals surface area contributed by atoms with E-state index in [1.807, 2.05) is 24.3 Å². The summed E-state index contributed by atoms with van der Waals surface area (Å²) < 4.78 is 16.6. The van der Waals surface area contributed by atoms with Crippen molar-refractivity contribution in [2.45, 2.75) is 32.1 Å². The van der Waals surface area contributed by atoms with Crippen molar-refractivity contribution >= 4 is 0 Å². The van der Waals surface area contributed by atoms with Gasteiger partial charge in [-0.15, -0.1) is 0 Å². The highest BCUT2D eigenvalue weighted by molar-refractivity contribution is 5.51. The van der Waals surface area contributed by atoms with E-state index in [4.69, 9.17) is 13.7 Å². The summed E-state index contributed by atoms with van der Waals surface area (Å²) >= 11 is 0. The smallest absolute Gasteiger partial charge is 0.252 e. The van der Waals surface area contributed by atoms with E-state index in [1.165, 1.54) is 0 Å². The summed E-state index contributed by atoms with van der Waals surface area (Å²) in [5, 5.41) is 3.98. The molecule has 0 N–H and O–H groups in total. The Hall–Kier alpha value is -2.51. The molecular formula is C18H20N4O3. The molecule has 3 aromatic rings. The summed E-state index contributed by atoms with van der Waals surface area (Å²) in [5.41, 5.74) is 0.837. The monoisotopic (exact) mass is 340 g/mol. The van der Waals surface area contributed by atoms with Crippen molar-refractivity contribution in [3.8, 4) is 11.4 Å². The molecule has 7 nitrogen and oxygen atoms in total. The zero-order chi connectivity index (χ0) is 16.9. The highest BCUT2D eigenvalue weighted by atomic mass is 16.5. The zero-order valence-electron chi connectivity index (χ0n) is 13.9.